The molecule has 1 aliphatic heterocycles. The maximum Gasteiger partial charge on any atom is 0.156 e. The molecule has 4 nitrogen and oxygen atoms in total. The highest BCUT2D eigenvalue weighted by Crippen LogP contribution is 2.27. The van der Waals surface area contributed by atoms with Crippen molar-refractivity contribution in [1.82, 2.24) is 9.97 Å². The van der Waals surface area contributed by atoms with Gasteiger partial charge in [0.05, 0.1) is 0 Å². The number of aromatic nitrogens is 2. The summed E-state index contributed by atoms with van der Waals surface area (Å²) >= 11 is 0. The molecule has 0 aliphatic carbocycles. The van der Waals surface area contributed by atoms with E-state index in [2.05, 4.69) is 29.8 Å². The second-order valence-corrected chi connectivity index (χ2v) is 6.53. The van der Waals surface area contributed by atoms with Gasteiger partial charge < -0.3 is 9.64 Å². The average molecular weight is 291 g/mol. The van der Waals surface area contributed by atoms with Crippen LogP contribution in [0, 0.1) is 12.8 Å². The summed E-state index contributed by atoms with van der Waals surface area (Å²) in [7, 11) is 1.69. The van der Waals surface area contributed by atoms with Gasteiger partial charge in [-0.2, -0.15) is 0 Å². The zero-order valence-corrected chi connectivity index (χ0v) is 13.9. The van der Waals surface area contributed by atoms with Gasteiger partial charge in [0.1, 0.15) is 12.4 Å². The molecule has 1 unspecified atom stereocenters. The number of anilines is 1. The van der Waals surface area contributed by atoms with Gasteiger partial charge in [-0.25, -0.2) is 9.97 Å². The molecule has 0 N–H and O–H groups in total. The minimum absolute atomic E-state index is 0.485. The van der Waals surface area contributed by atoms with E-state index in [0.29, 0.717) is 12.6 Å². The standard InChI is InChI=1S/C17H29N3O/c1-13(2)8-9-15-7-5-6-10-20(15)17-11-14(3)18-16(19-17)12-21-4/h11,13,15H,5-10,12H2,1-4H3. The van der Waals surface area contributed by atoms with Gasteiger partial charge in [-0.05, 0) is 44.9 Å². The van der Waals surface area contributed by atoms with Crippen molar-refractivity contribution >= 4 is 5.82 Å². The van der Waals surface area contributed by atoms with E-state index in [9.17, 15) is 0 Å². The molecule has 21 heavy (non-hydrogen) atoms. The quantitative estimate of drug-likeness (QED) is 0.800. The fraction of sp³-hybridized carbons (Fsp3) is 0.765. The van der Waals surface area contributed by atoms with E-state index in [1.165, 1.54) is 32.1 Å². The van der Waals surface area contributed by atoms with Crippen LogP contribution in [-0.2, 0) is 11.3 Å². The van der Waals surface area contributed by atoms with E-state index in [1.807, 2.05) is 6.92 Å². The molecule has 0 amide bonds. The molecule has 0 bridgehead atoms. The molecular weight excluding hydrogens is 262 g/mol. The van der Waals surface area contributed by atoms with Gasteiger partial charge >= 0.3 is 0 Å². The summed E-state index contributed by atoms with van der Waals surface area (Å²) in [6.07, 6.45) is 6.45. The van der Waals surface area contributed by atoms with E-state index >= 15 is 0 Å². The first-order valence-electron chi connectivity index (χ1n) is 8.20. The van der Waals surface area contributed by atoms with Crippen molar-refractivity contribution in [2.45, 2.75) is 65.5 Å². The highest BCUT2D eigenvalue weighted by molar-refractivity contribution is 5.41. The molecule has 1 atom stereocenters. The highest BCUT2D eigenvalue weighted by Gasteiger charge is 2.24. The molecule has 4 heteroatoms. The lowest BCUT2D eigenvalue weighted by atomic mass is 9.95. The topological polar surface area (TPSA) is 38.2 Å². The molecule has 2 rings (SSSR count). The first-order valence-corrected chi connectivity index (χ1v) is 8.20. The van der Waals surface area contributed by atoms with Gasteiger partial charge in [0.25, 0.3) is 0 Å². The van der Waals surface area contributed by atoms with Crippen LogP contribution in [0.5, 0.6) is 0 Å². The number of ether oxygens (including phenoxy) is 1. The van der Waals surface area contributed by atoms with Crippen LogP contribution in [0.1, 0.15) is 57.5 Å². The smallest absolute Gasteiger partial charge is 0.156 e. The van der Waals surface area contributed by atoms with Gasteiger partial charge in [-0.1, -0.05) is 13.8 Å². The van der Waals surface area contributed by atoms with Crippen LogP contribution in [0.4, 0.5) is 5.82 Å². The van der Waals surface area contributed by atoms with Crippen molar-refractivity contribution in [3.63, 3.8) is 0 Å². The molecule has 0 saturated carbocycles. The molecule has 0 radical (unpaired) electrons. The Bertz CT molecular complexity index is 448. The second-order valence-electron chi connectivity index (χ2n) is 6.53. The lowest BCUT2D eigenvalue weighted by molar-refractivity contribution is 0.177. The number of piperidine rings is 1. The van der Waals surface area contributed by atoms with Crippen LogP contribution in [0.25, 0.3) is 0 Å². The van der Waals surface area contributed by atoms with Gasteiger partial charge in [0.15, 0.2) is 5.82 Å². The maximum absolute atomic E-state index is 5.19. The van der Waals surface area contributed by atoms with Gasteiger partial charge in [0, 0.05) is 31.5 Å². The Kier molecular flexibility index (Phi) is 5.97. The maximum atomic E-state index is 5.19. The molecule has 118 valence electrons. The Labute approximate surface area is 128 Å². The largest absolute Gasteiger partial charge is 0.377 e. The van der Waals surface area contributed by atoms with Crippen LogP contribution in [-0.4, -0.2) is 29.7 Å². The van der Waals surface area contributed by atoms with Crippen LogP contribution < -0.4 is 4.90 Å². The summed E-state index contributed by atoms with van der Waals surface area (Å²) in [5, 5.41) is 0. The third kappa shape index (κ3) is 4.67. The van der Waals surface area contributed by atoms with E-state index < -0.39 is 0 Å². The Hall–Kier alpha value is -1.16. The van der Waals surface area contributed by atoms with Crippen molar-refractivity contribution in [3.8, 4) is 0 Å². The minimum atomic E-state index is 0.485. The van der Waals surface area contributed by atoms with Gasteiger partial charge in [-0.3, -0.25) is 0 Å². The predicted molar refractivity (Wildman–Crippen MR) is 86.5 cm³/mol. The SMILES string of the molecule is COCc1nc(C)cc(N2CCCCC2CCC(C)C)n1. The number of hydrogen-bond donors (Lipinski definition) is 0. The molecule has 1 saturated heterocycles. The summed E-state index contributed by atoms with van der Waals surface area (Å²) in [6, 6.07) is 2.75. The summed E-state index contributed by atoms with van der Waals surface area (Å²) in [4.78, 5) is 11.7. The predicted octanol–water partition coefficient (Wildman–Crippen LogP) is 3.73. The fourth-order valence-corrected chi connectivity index (χ4v) is 3.08. The molecule has 1 aromatic rings. The fourth-order valence-electron chi connectivity index (χ4n) is 3.08. The van der Waals surface area contributed by atoms with Crippen molar-refractivity contribution in [1.29, 1.82) is 0 Å². The third-order valence-corrected chi connectivity index (χ3v) is 4.16. The summed E-state index contributed by atoms with van der Waals surface area (Å²) in [6.45, 7) is 8.25. The summed E-state index contributed by atoms with van der Waals surface area (Å²) < 4.78 is 5.19. The van der Waals surface area contributed by atoms with Crippen LogP contribution in [0.2, 0.25) is 0 Å². The van der Waals surface area contributed by atoms with Crippen molar-refractivity contribution in [2.75, 3.05) is 18.6 Å². The van der Waals surface area contributed by atoms with Gasteiger partial charge in [0.2, 0.25) is 0 Å². The number of nitrogens with zero attached hydrogens (tertiary/aromatic N) is 3. The number of rotatable bonds is 6. The Balaban J connectivity index is 2.16. The zero-order valence-electron chi connectivity index (χ0n) is 13.9. The monoisotopic (exact) mass is 291 g/mol. The van der Waals surface area contributed by atoms with Gasteiger partial charge in [-0.15, -0.1) is 0 Å². The summed E-state index contributed by atoms with van der Waals surface area (Å²) in [5.41, 5.74) is 1.03. The molecule has 1 aliphatic rings. The Morgan fingerprint density at radius 2 is 2.14 bits per heavy atom. The normalized spacial score (nSPS) is 19.3. The first kappa shape index (κ1) is 16.2. The number of hydrogen-bond acceptors (Lipinski definition) is 4. The molecule has 0 aromatic carbocycles. The van der Waals surface area contributed by atoms with Crippen molar-refractivity contribution < 1.29 is 4.74 Å². The second kappa shape index (κ2) is 7.74. The van der Waals surface area contributed by atoms with E-state index in [1.54, 1.807) is 7.11 Å². The van der Waals surface area contributed by atoms with E-state index in [-0.39, 0.29) is 0 Å². The first-order chi connectivity index (χ1) is 10.1. The minimum Gasteiger partial charge on any atom is -0.377 e. The molecular formula is C17H29N3O. The van der Waals surface area contributed by atoms with Crippen LogP contribution in [0.15, 0.2) is 6.07 Å². The van der Waals surface area contributed by atoms with E-state index in [0.717, 1.165) is 29.8 Å². The third-order valence-electron chi connectivity index (χ3n) is 4.16. The average Bonchev–Trinajstić information content (AvgIpc) is 2.45. The lowest BCUT2D eigenvalue weighted by Gasteiger charge is -2.37. The van der Waals surface area contributed by atoms with Crippen LogP contribution >= 0.6 is 0 Å². The Morgan fingerprint density at radius 1 is 1.33 bits per heavy atom. The van der Waals surface area contributed by atoms with Crippen LogP contribution in [0.3, 0.4) is 0 Å². The molecule has 1 fully saturated rings. The highest BCUT2D eigenvalue weighted by atomic mass is 16.5. The Morgan fingerprint density at radius 3 is 2.86 bits per heavy atom. The number of aryl methyl sites for hydroxylation is 1. The number of methoxy groups -OCH3 is 1. The zero-order chi connectivity index (χ0) is 15.2. The lowest BCUT2D eigenvalue weighted by Crippen LogP contribution is -2.40. The molecule has 0 spiro atoms. The van der Waals surface area contributed by atoms with Crippen molar-refractivity contribution in [3.05, 3.63) is 17.6 Å². The summed E-state index contributed by atoms with van der Waals surface area (Å²) in [5.74, 6) is 2.65. The molecule has 1 aromatic heterocycles. The molecule has 2 heterocycles. The van der Waals surface area contributed by atoms with E-state index in [4.69, 9.17) is 9.72 Å². The van der Waals surface area contributed by atoms with Crippen molar-refractivity contribution in [2.24, 2.45) is 5.92 Å².